The number of hydrogen-bond acceptors (Lipinski definition) is 3. The van der Waals surface area contributed by atoms with Crippen LogP contribution < -0.4 is 11.1 Å². The van der Waals surface area contributed by atoms with Crippen molar-refractivity contribution in [2.75, 3.05) is 9.74 Å². The largest absolute Gasteiger partial charge is 0.480 e. The van der Waals surface area contributed by atoms with Gasteiger partial charge >= 0.3 is 5.97 Å². The predicted octanol–water partition coefficient (Wildman–Crippen LogP) is 1.79. The van der Waals surface area contributed by atoms with Gasteiger partial charge in [0, 0.05) is 16.5 Å². The maximum Gasteiger partial charge on any atom is 0.320 e. The Kier molecular flexibility index (Phi) is 6.79. The van der Waals surface area contributed by atoms with E-state index >= 15 is 0 Å². The van der Waals surface area contributed by atoms with E-state index in [2.05, 4.69) is 27.9 Å². The minimum Gasteiger partial charge on any atom is -0.480 e. The smallest absolute Gasteiger partial charge is 0.320 e. The van der Waals surface area contributed by atoms with Gasteiger partial charge in [0.15, 0.2) is 0 Å². The quantitative estimate of drug-likeness (QED) is 0.500. The number of carbonyl (C=O) groups excluding carboxylic acids is 1. The average Bonchev–Trinajstić information content (AvgIpc) is 2.38. The summed E-state index contributed by atoms with van der Waals surface area (Å²) in [5.74, 6) is -1.03. The second-order valence-electron chi connectivity index (χ2n) is 4.19. The second-order valence-corrected chi connectivity index (χ2v) is 5.27. The summed E-state index contributed by atoms with van der Waals surface area (Å²) in [6, 6.07) is 6.16. The molecule has 19 heavy (non-hydrogen) atoms. The fraction of sp³-hybridized carbons (Fsp3) is 0.385. The molecule has 6 heteroatoms. The van der Waals surface area contributed by atoms with Gasteiger partial charge in [0.2, 0.25) is 5.91 Å². The van der Waals surface area contributed by atoms with E-state index in [-0.39, 0.29) is 12.3 Å². The first-order chi connectivity index (χ1) is 9.02. The Labute approximate surface area is 125 Å². The third-order valence-corrected chi connectivity index (χ3v) is 3.31. The molecule has 1 amide bonds. The highest BCUT2D eigenvalue weighted by atomic mass is 127. The van der Waals surface area contributed by atoms with Crippen molar-refractivity contribution in [1.29, 1.82) is 0 Å². The van der Waals surface area contributed by atoms with Crippen LogP contribution in [0.4, 0.5) is 5.69 Å². The second kappa shape index (κ2) is 8.11. The summed E-state index contributed by atoms with van der Waals surface area (Å²) < 4.78 is 0.956. The summed E-state index contributed by atoms with van der Waals surface area (Å²) in [6.07, 6.45) is 1.64. The number of anilines is 1. The molecule has 0 saturated heterocycles. The number of carbonyl (C=O) groups is 2. The Bertz CT molecular complexity index is 434. The van der Waals surface area contributed by atoms with Crippen LogP contribution in [-0.4, -0.2) is 27.5 Å². The number of carboxylic acid groups (broad SMARTS) is 1. The van der Waals surface area contributed by atoms with Crippen molar-refractivity contribution in [2.45, 2.75) is 25.3 Å². The minimum absolute atomic E-state index is 0.00773. The highest BCUT2D eigenvalue weighted by Crippen LogP contribution is 2.11. The van der Waals surface area contributed by atoms with Crippen molar-refractivity contribution < 1.29 is 14.7 Å². The predicted molar refractivity (Wildman–Crippen MR) is 82.5 cm³/mol. The van der Waals surface area contributed by atoms with Gasteiger partial charge in [-0.3, -0.25) is 9.59 Å². The maximum atomic E-state index is 11.5. The molecule has 1 aromatic rings. The van der Waals surface area contributed by atoms with Crippen LogP contribution in [0, 0.1) is 0 Å². The number of hydrogen-bond donors (Lipinski definition) is 3. The van der Waals surface area contributed by atoms with Crippen LogP contribution in [0.1, 0.15) is 18.4 Å². The lowest BCUT2D eigenvalue weighted by Gasteiger charge is -2.08. The van der Waals surface area contributed by atoms with E-state index in [1.54, 1.807) is 24.3 Å². The van der Waals surface area contributed by atoms with E-state index in [0.29, 0.717) is 12.1 Å². The molecule has 0 aromatic heterocycles. The van der Waals surface area contributed by atoms with Gasteiger partial charge < -0.3 is 16.2 Å². The van der Waals surface area contributed by atoms with Crippen LogP contribution in [0.3, 0.4) is 0 Å². The van der Waals surface area contributed by atoms with E-state index in [0.717, 1.165) is 16.4 Å². The molecule has 0 aliphatic carbocycles. The Morgan fingerprint density at radius 1 is 1.32 bits per heavy atom. The Balaban J connectivity index is 2.52. The molecule has 0 fully saturated rings. The molecule has 0 radical (unpaired) electrons. The van der Waals surface area contributed by atoms with Crippen LogP contribution in [-0.2, 0) is 16.0 Å². The molecule has 1 rings (SSSR count). The average molecular weight is 376 g/mol. The third-order valence-electron chi connectivity index (χ3n) is 2.55. The van der Waals surface area contributed by atoms with Gasteiger partial charge in [-0.25, -0.2) is 0 Å². The number of alkyl halides is 1. The van der Waals surface area contributed by atoms with Crippen molar-refractivity contribution in [1.82, 2.24) is 0 Å². The van der Waals surface area contributed by atoms with E-state index < -0.39 is 12.0 Å². The molecule has 0 aliphatic rings. The zero-order chi connectivity index (χ0) is 14.3. The van der Waals surface area contributed by atoms with E-state index in [9.17, 15) is 9.59 Å². The third kappa shape index (κ3) is 6.02. The monoisotopic (exact) mass is 376 g/mol. The first-order valence-electron chi connectivity index (χ1n) is 5.96. The number of carboxylic acids is 1. The Hall–Kier alpha value is -1.15. The lowest BCUT2D eigenvalue weighted by atomic mass is 10.1. The van der Waals surface area contributed by atoms with Crippen LogP contribution in [0.25, 0.3) is 0 Å². The zero-order valence-electron chi connectivity index (χ0n) is 10.4. The number of benzene rings is 1. The fourth-order valence-corrected chi connectivity index (χ4v) is 1.90. The Morgan fingerprint density at radius 3 is 2.47 bits per heavy atom. The van der Waals surface area contributed by atoms with Crippen LogP contribution >= 0.6 is 22.6 Å². The summed E-state index contributed by atoms with van der Waals surface area (Å²) >= 11 is 2.23. The fourth-order valence-electron chi connectivity index (χ4n) is 1.52. The number of nitrogens with two attached hydrogens (primary N) is 1. The van der Waals surface area contributed by atoms with Gasteiger partial charge in [-0.15, -0.1) is 0 Å². The number of halogens is 1. The molecule has 1 atom stereocenters. The number of rotatable bonds is 7. The molecule has 0 heterocycles. The molecule has 1 aromatic carbocycles. The van der Waals surface area contributed by atoms with Gasteiger partial charge in [0.05, 0.1) is 0 Å². The van der Waals surface area contributed by atoms with Crippen LogP contribution in [0.2, 0.25) is 0 Å². The lowest BCUT2D eigenvalue weighted by Crippen LogP contribution is -2.32. The molecule has 0 spiro atoms. The van der Waals surface area contributed by atoms with Crippen LogP contribution in [0.15, 0.2) is 24.3 Å². The van der Waals surface area contributed by atoms with E-state index in [1.807, 2.05) is 0 Å². The van der Waals surface area contributed by atoms with Gasteiger partial charge in [0.1, 0.15) is 6.04 Å². The molecule has 0 unspecified atom stereocenters. The molecular weight excluding hydrogens is 359 g/mol. The molecular formula is C13H17IN2O3. The van der Waals surface area contributed by atoms with Gasteiger partial charge in [-0.05, 0) is 30.5 Å². The van der Waals surface area contributed by atoms with Crippen molar-refractivity contribution in [3.05, 3.63) is 29.8 Å². The summed E-state index contributed by atoms with van der Waals surface area (Å²) in [4.78, 5) is 22.1. The minimum atomic E-state index is -1.02. The molecule has 4 N–H and O–H groups in total. The lowest BCUT2D eigenvalue weighted by molar-refractivity contribution is -0.138. The van der Waals surface area contributed by atoms with Crippen molar-refractivity contribution >= 4 is 40.2 Å². The molecule has 0 bridgehead atoms. The van der Waals surface area contributed by atoms with Gasteiger partial charge in [-0.2, -0.15) is 0 Å². The number of nitrogens with one attached hydrogen (secondary N) is 1. The van der Waals surface area contributed by atoms with E-state index in [1.165, 1.54) is 0 Å². The van der Waals surface area contributed by atoms with E-state index in [4.69, 9.17) is 10.8 Å². The van der Waals surface area contributed by atoms with Gasteiger partial charge in [-0.1, -0.05) is 34.7 Å². The summed E-state index contributed by atoms with van der Waals surface area (Å²) in [5, 5.41) is 11.5. The molecule has 0 aliphatic heterocycles. The molecule has 104 valence electrons. The van der Waals surface area contributed by atoms with Crippen molar-refractivity contribution in [3.8, 4) is 0 Å². The molecule has 0 saturated carbocycles. The first-order valence-corrected chi connectivity index (χ1v) is 7.48. The normalized spacial score (nSPS) is 11.9. The summed E-state index contributed by atoms with van der Waals surface area (Å²) in [5.41, 5.74) is 7.00. The topological polar surface area (TPSA) is 92.4 Å². The van der Waals surface area contributed by atoms with Crippen molar-refractivity contribution in [3.63, 3.8) is 0 Å². The number of amides is 1. The SMILES string of the molecule is N[C@@H](Cc1ccc(NC(=O)CCCI)cc1)C(=O)O. The number of aliphatic carboxylic acids is 1. The van der Waals surface area contributed by atoms with Gasteiger partial charge in [0.25, 0.3) is 0 Å². The highest BCUT2D eigenvalue weighted by molar-refractivity contribution is 14.1. The Morgan fingerprint density at radius 2 is 1.95 bits per heavy atom. The molecule has 5 nitrogen and oxygen atoms in total. The highest BCUT2D eigenvalue weighted by Gasteiger charge is 2.11. The summed E-state index contributed by atoms with van der Waals surface area (Å²) in [6.45, 7) is 0. The van der Waals surface area contributed by atoms with Crippen LogP contribution in [0.5, 0.6) is 0 Å². The zero-order valence-corrected chi connectivity index (χ0v) is 12.6. The maximum absolute atomic E-state index is 11.5. The first kappa shape index (κ1) is 15.9. The summed E-state index contributed by atoms with van der Waals surface area (Å²) in [7, 11) is 0. The standard InChI is InChI=1S/C13H17IN2O3/c14-7-1-2-12(17)16-10-5-3-9(4-6-10)8-11(15)13(18)19/h3-6,11H,1-2,7-8,15H2,(H,16,17)(H,18,19)/t11-/m0/s1. The van der Waals surface area contributed by atoms with Crippen molar-refractivity contribution in [2.24, 2.45) is 5.73 Å².